The molecule has 0 bridgehead atoms. The lowest BCUT2D eigenvalue weighted by Gasteiger charge is -2.25. The molecular weight excluding hydrogens is 362 g/mol. The molecule has 8 heteroatoms. The molecule has 0 unspecified atom stereocenters. The van der Waals surface area contributed by atoms with Crippen molar-refractivity contribution in [3.05, 3.63) is 53.6 Å². The molecule has 0 spiro atoms. The third-order valence-corrected chi connectivity index (χ3v) is 3.98. The maximum Gasteiger partial charge on any atom is 0.276 e. The quantitative estimate of drug-likeness (QED) is 0.681. The lowest BCUT2D eigenvalue weighted by atomic mass is 10.1. The first kappa shape index (κ1) is 19.2. The van der Waals surface area contributed by atoms with Gasteiger partial charge in [0.15, 0.2) is 12.7 Å². The Morgan fingerprint density at radius 3 is 2.50 bits per heavy atom. The predicted molar refractivity (Wildman–Crippen MR) is 102 cm³/mol. The van der Waals surface area contributed by atoms with Gasteiger partial charge in [0, 0.05) is 0 Å². The van der Waals surface area contributed by atoms with Gasteiger partial charge in [0.25, 0.3) is 11.8 Å². The van der Waals surface area contributed by atoms with Gasteiger partial charge in [-0.2, -0.15) is 0 Å². The van der Waals surface area contributed by atoms with Gasteiger partial charge in [0.2, 0.25) is 5.91 Å². The first-order valence-electron chi connectivity index (χ1n) is 8.76. The standard InChI is InChI=1S/C20H21N3O5/c1-12-7-13(2)9-14(8-12)27-11-19(25)23-22-18(24)10-17-20(26)21-15-5-3-4-6-16(15)28-17/h3-9,17H,10-11H2,1-2H3,(H,21,26)(H,22,24)(H,23,25)/t17-/m0/s1. The van der Waals surface area contributed by atoms with Gasteiger partial charge < -0.3 is 14.8 Å². The maximum atomic E-state index is 12.0. The normalized spacial score (nSPS) is 14.9. The molecule has 0 saturated carbocycles. The second kappa shape index (κ2) is 8.43. The summed E-state index contributed by atoms with van der Waals surface area (Å²) in [4.78, 5) is 35.9. The minimum Gasteiger partial charge on any atom is -0.484 e. The molecule has 28 heavy (non-hydrogen) atoms. The van der Waals surface area contributed by atoms with Crippen molar-refractivity contribution in [1.29, 1.82) is 0 Å². The minimum absolute atomic E-state index is 0.238. The Balaban J connectivity index is 1.44. The summed E-state index contributed by atoms with van der Waals surface area (Å²) in [6.45, 7) is 3.61. The fraction of sp³-hybridized carbons (Fsp3) is 0.250. The Labute approximate surface area is 162 Å². The number of carbonyl (C=O) groups excluding carboxylic acids is 3. The number of anilines is 1. The molecule has 8 nitrogen and oxygen atoms in total. The predicted octanol–water partition coefficient (Wildman–Crippen LogP) is 1.62. The average molecular weight is 383 g/mol. The van der Waals surface area contributed by atoms with Crippen molar-refractivity contribution in [2.45, 2.75) is 26.4 Å². The van der Waals surface area contributed by atoms with E-state index in [1.54, 1.807) is 24.3 Å². The van der Waals surface area contributed by atoms with Gasteiger partial charge in [-0.3, -0.25) is 25.2 Å². The SMILES string of the molecule is Cc1cc(C)cc(OCC(=O)NNC(=O)C[C@@H]2Oc3ccccc3NC2=O)c1. The summed E-state index contributed by atoms with van der Waals surface area (Å²) >= 11 is 0. The summed E-state index contributed by atoms with van der Waals surface area (Å²) in [6.07, 6.45) is -1.21. The van der Waals surface area contributed by atoms with Crippen LogP contribution in [-0.2, 0) is 14.4 Å². The van der Waals surface area contributed by atoms with Crippen LogP contribution in [0.5, 0.6) is 11.5 Å². The molecule has 0 aromatic heterocycles. The Morgan fingerprint density at radius 1 is 1.07 bits per heavy atom. The first-order chi connectivity index (χ1) is 13.4. The molecule has 2 aromatic carbocycles. The number of benzene rings is 2. The molecule has 3 amide bonds. The zero-order chi connectivity index (χ0) is 20.1. The van der Waals surface area contributed by atoms with Crippen LogP contribution in [0, 0.1) is 13.8 Å². The molecule has 2 aromatic rings. The molecule has 3 rings (SSSR count). The van der Waals surface area contributed by atoms with Crippen molar-refractivity contribution < 1.29 is 23.9 Å². The van der Waals surface area contributed by atoms with E-state index in [4.69, 9.17) is 9.47 Å². The molecule has 1 aliphatic heterocycles. The number of hydrazine groups is 1. The average Bonchev–Trinajstić information content (AvgIpc) is 2.64. The van der Waals surface area contributed by atoms with Gasteiger partial charge in [-0.15, -0.1) is 0 Å². The number of para-hydroxylation sites is 2. The summed E-state index contributed by atoms with van der Waals surface area (Å²) in [5, 5.41) is 2.68. The van der Waals surface area contributed by atoms with Crippen LogP contribution < -0.4 is 25.6 Å². The van der Waals surface area contributed by atoms with Crippen LogP contribution >= 0.6 is 0 Å². The Hall–Kier alpha value is -3.55. The van der Waals surface area contributed by atoms with E-state index in [0.717, 1.165) is 11.1 Å². The molecule has 0 aliphatic carbocycles. The highest BCUT2D eigenvalue weighted by Crippen LogP contribution is 2.29. The van der Waals surface area contributed by atoms with Gasteiger partial charge in [-0.25, -0.2) is 0 Å². The highest BCUT2D eigenvalue weighted by Gasteiger charge is 2.29. The summed E-state index contributed by atoms with van der Waals surface area (Å²) in [7, 11) is 0. The van der Waals surface area contributed by atoms with E-state index in [2.05, 4.69) is 16.2 Å². The van der Waals surface area contributed by atoms with E-state index in [1.807, 2.05) is 32.0 Å². The second-order valence-corrected chi connectivity index (χ2v) is 6.50. The molecule has 0 fully saturated rings. The van der Waals surface area contributed by atoms with Crippen LogP contribution in [0.4, 0.5) is 5.69 Å². The molecule has 1 heterocycles. The number of amides is 3. The minimum atomic E-state index is -0.974. The van der Waals surface area contributed by atoms with Gasteiger partial charge in [-0.05, 0) is 49.2 Å². The smallest absolute Gasteiger partial charge is 0.276 e. The number of aryl methyl sites for hydroxylation is 2. The fourth-order valence-corrected chi connectivity index (χ4v) is 2.79. The van der Waals surface area contributed by atoms with Crippen LogP contribution in [0.2, 0.25) is 0 Å². The van der Waals surface area contributed by atoms with E-state index in [9.17, 15) is 14.4 Å². The van der Waals surface area contributed by atoms with Crippen LogP contribution in [0.1, 0.15) is 17.5 Å². The highest BCUT2D eigenvalue weighted by molar-refractivity contribution is 6.00. The van der Waals surface area contributed by atoms with Crippen LogP contribution in [0.15, 0.2) is 42.5 Å². The molecule has 0 radical (unpaired) electrons. The lowest BCUT2D eigenvalue weighted by molar-refractivity contribution is -0.133. The van der Waals surface area contributed by atoms with Crippen molar-refractivity contribution in [3.63, 3.8) is 0 Å². The third-order valence-electron chi connectivity index (χ3n) is 3.98. The Kier molecular flexibility index (Phi) is 5.78. The van der Waals surface area contributed by atoms with Crippen LogP contribution in [-0.4, -0.2) is 30.4 Å². The Bertz CT molecular complexity index is 892. The van der Waals surface area contributed by atoms with E-state index in [-0.39, 0.29) is 13.0 Å². The molecule has 1 aliphatic rings. The monoisotopic (exact) mass is 383 g/mol. The maximum absolute atomic E-state index is 12.0. The molecule has 0 saturated heterocycles. The van der Waals surface area contributed by atoms with Gasteiger partial charge in [-0.1, -0.05) is 18.2 Å². The van der Waals surface area contributed by atoms with Crippen molar-refractivity contribution >= 4 is 23.4 Å². The molecular formula is C20H21N3O5. The summed E-state index contributed by atoms with van der Waals surface area (Å²) < 4.78 is 11.0. The van der Waals surface area contributed by atoms with E-state index >= 15 is 0 Å². The van der Waals surface area contributed by atoms with E-state index in [0.29, 0.717) is 17.2 Å². The topological polar surface area (TPSA) is 106 Å². The second-order valence-electron chi connectivity index (χ2n) is 6.50. The van der Waals surface area contributed by atoms with Crippen molar-refractivity contribution in [1.82, 2.24) is 10.9 Å². The third kappa shape index (κ3) is 5.00. The summed E-state index contributed by atoms with van der Waals surface area (Å²) in [5.41, 5.74) is 7.11. The number of hydrogen-bond acceptors (Lipinski definition) is 5. The lowest BCUT2D eigenvalue weighted by Crippen LogP contribution is -2.47. The number of hydrogen-bond donors (Lipinski definition) is 3. The highest BCUT2D eigenvalue weighted by atomic mass is 16.5. The number of nitrogens with one attached hydrogen (secondary N) is 3. The van der Waals surface area contributed by atoms with Crippen LogP contribution in [0.3, 0.4) is 0 Å². The zero-order valence-corrected chi connectivity index (χ0v) is 15.6. The van der Waals surface area contributed by atoms with Gasteiger partial charge in [0.05, 0.1) is 12.1 Å². The van der Waals surface area contributed by atoms with Gasteiger partial charge >= 0.3 is 0 Å². The van der Waals surface area contributed by atoms with Crippen molar-refractivity contribution in [3.8, 4) is 11.5 Å². The van der Waals surface area contributed by atoms with E-state index < -0.39 is 23.8 Å². The molecule has 1 atom stereocenters. The van der Waals surface area contributed by atoms with Crippen molar-refractivity contribution in [2.24, 2.45) is 0 Å². The Morgan fingerprint density at radius 2 is 1.75 bits per heavy atom. The largest absolute Gasteiger partial charge is 0.484 e. The van der Waals surface area contributed by atoms with Gasteiger partial charge in [0.1, 0.15) is 11.5 Å². The zero-order valence-electron chi connectivity index (χ0n) is 15.6. The summed E-state index contributed by atoms with van der Waals surface area (Å²) in [5.74, 6) is -0.430. The fourth-order valence-electron chi connectivity index (χ4n) is 2.79. The van der Waals surface area contributed by atoms with E-state index in [1.165, 1.54) is 0 Å². The van der Waals surface area contributed by atoms with Crippen LogP contribution in [0.25, 0.3) is 0 Å². The number of fused-ring (bicyclic) bond motifs is 1. The number of carbonyl (C=O) groups is 3. The first-order valence-corrected chi connectivity index (χ1v) is 8.76. The molecule has 146 valence electrons. The molecule has 3 N–H and O–H groups in total. The number of ether oxygens (including phenoxy) is 2. The summed E-state index contributed by atoms with van der Waals surface area (Å²) in [6, 6.07) is 12.6. The number of rotatable bonds is 5. The van der Waals surface area contributed by atoms with Crippen molar-refractivity contribution in [2.75, 3.05) is 11.9 Å².